The SMILES string of the molecule is COC(=O)[C@@H]1CCCN1Cc1ccc(Nc2ncc(-c3ccc(OC)cc3)cn2)cc1. The minimum atomic E-state index is -0.147. The Morgan fingerprint density at radius 1 is 1.03 bits per heavy atom. The van der Waals surface area contributed by atoms with Crippen LogP contribution in [0.5, 0.6) is 5.75 Å². The predicted molar refractivity (Wildman–Crippen MR) is 119 cm³/mol. The van der Waals surface area contributed by atoms with Gasteiger partial charge >= 0.3 is 5.97 Å². The molecule has 1 aliphatic rings. The standard InChI is InChI=1S/C24H26N4O3/c1-30-21-11-7-18(8-12-21)19-14-25-24(26-15-19)27-20-9-5-17(6-10-20)16-28-13-3-4-22(28)23(29)31-2/h5-12,14-15,22H,3-4,13,16H2,1-2H3,(H,25,26,27)/t22-/m0/s1. The lowest BCUT2D eigenvalue weighted by Crippen LogP contribution is -2.36. The first-order chi connectivity index (χ1) is 15.2. The Morgan fingerprint density at radius 2 is 1.74 bits per heavy atom. The molecule has 1 aromatic heterocycles. The molecule has 0 aliphatic carbocycles. The van der Waals surface area contributed by atoms with Gasteiger partial charge in [0.05, 0.1) is 14.2 Å². The lowest BCUT2D eigenvalue weighted by atomic mass is 10.1. The van der Waals surface area contributed by atoms with E-state index in [0.29, 0.717) is 5.95 Å². The minimum absolute atomic E-state index is 0.139. The van der Waals surface area contributed by atoms with Gasteiger partial charge in [-0.05, 0) is 54.8 Å². The van der Waals surface area contributed by atoms with Gasteiger partial charge in [0, 0.05) is 30.2 Å². The third-order valence-corrected chi connectivity index (χ3v) is 5.51. The maximum Gasteiger partial charge on any atom is 0.323 e. The number of hydrogen-bond acceptors (Lipinski definition) is 7. The Kier molecular flexibility index (Phi) is 6.43. The topological polar surface area (TPSA) is 76.6 Å². The molecule has 2 aromatic carbocycles. The molecule has 4 rings (SSSR count). The Labute approximate surface area is 182 Å². The van der Waals surface area contributed by atoms with Gasteiger partial charge in [-0.2, -0.15) is 0 Å². The summed E-state index contributed by atoms with van der Waals surface area (Å²) in [5, 5.41) is 3.23. The quantitative estimate of drug-likeness (QED) is 0.581. The van der Waals surface area contributed by atoms with Gasteiger partial charge in [0.15, 0.2) is 0 Å². The van der Waals surface area contributed by atoms with Crippen LogP contribution in [0.1, 0.15) is 18.4 Å². The van der Waals surface area contributed by atoms with Crippen LogP contribution < -0.4 is 10.1 Å². The number of likely N-dealkylation sites (tertiary alicyclic amines) is 1. The smallest absolute Gasteiger partial charge is 0.323 e. The third-order valence-electron chi connectivity index (χ3n) is 5.51. The van der Waals surface area contributed by atoms with E-state index < -0.39 is 0 Å². The van der Waals surface area contributed by atoms with E-state index in [1.165, 1.54) is 7.11 Å². The second-order valence-corrected chi connectivity index (χ2v) is 7.50. The molecule has 7 nitrogen and oxygen atoms in total. The number of hydrogen-bond donors (Lipinski definition) is 1. The third kappa shape index (κ3) is 5.00. The number of carbonyl (C=O) groups is 1. The van der Waals surface area contributed by atoms with E-state index in [9.17, 15) is 4.79 Å². The van der Waals surface area contributed by atoms with Crippen LogP contribution in [0.15, 0.2) is 60.9 Å². The second kappa shape index (κ2) is 9.57. The van der Waals surface area contributed by atoms with E-state index in [1.807, 2.05) is 36.4 Å². The zero-order valence-corrected chi connectivity index (χ0v) is 17.7. The number of esters is 1. The van der Waals surface area contributed by atoms with Crippen molar-refractivity contribution >= 4 is 17.6 Å². The fourth-order valence-electron chi connectivity index (χ4n) is 3.80. The molecule has 1 fully saturated rings. The number of nitrogens with one attached hydrogen (secondary N) is 1. The monoisotopic (exact) mass is 418 g/mol. The number of nitrogens with zero attached hydrogens (tertiary/aromatic N) is 3. The zero-order chi connectivity index (χ0) is 21.6. The van der Waals surface area contributed by atoms with Gasteiger partial charge in [-0.25, -0.2) is 9.97 Å². The highest BCUT2D eigenvalue weighted by molar-refractivity contribution is 5.76. The number of rotatable bonds is 7. The highest BCUT2D eigenvalue weighted by Crippen LogP contribution is 2.24. The van der Waals surface area contributed by atoms with Crippen LogP contribution >= 0.6 is 0 Å². The normalized spacial score (nSPS) is 16.1. The van der Waals surface area contributed by atoms with E-state index >= 15 is 0 Å². The van der Waals surface area contributed by atoms with Crippen molar-refractivity contribution < 1.29 is 14.3 Å². The van der Waals surface area contributed by atoms with Crippen molar-refractivity contribution in [3.8, 4) is 16.9 Å². The summed E-state index contributed by atoms with van der Waals surface area (Å²) < 4.78 is 10.1. The van der Waals surface area contributed by atoms with Crippen molar-refractivity contribution in [2.24, 2.45) is 0 Å². The average Bonchev–Trinajstić information content (AvgIpc) is 3.28. The summed E-state index contributed by atoms with van der Waals surface area (Å²) >= 11 is 0. The molecule has 0 amide bonds. The van der Waals surface area contributed by atoms with Crippen molar-refractivity contribution in [2.45, 2.75) is 25.4 Å². The summed E-state index contributed by atoms with van der Waals surface area (Å²) in [6.45, 7) is 1.64. The number of carbonyl (C=O) groups excluding carboxylic acids is 1. The molecule has 7 heteroatoms. The maximum absolute atomic E-state index is 11.9. The van der Waals surface area contributed by atoms with E-state index in [2.05, 4.69) is 32.3 Å². The highest BCUT2D eigenvalue weighted by atomic mass is 16.5. The molecule has 1 atom stereocenters. The first-order valence-electron chi connectivity index (χ1n) is 10.3. The van der Waals surface area contributed by atoms with Gasteiger partial charge in [-0.1, -0.05) is 24.3 Å². The van der Waals surface area contributed by atoms with Crippen LogP contribution in [-0.4, -0.2) is 47.6 Å². The second-order valence-electron chi connectivity index (χ2n) is 7.50. The van der Waals surface area contributed by atoms with E-state index in [0.717, 1.165) is 54.1 Å². The lowest BCUT2D eigenvalue weighted by Gasteiger charge is -2.22. The molecule has 1 saturated heterocycles. The van der Waals surface area contributed by atoms with Gasteiger partial charge in [0.2, 0.25) is 5.95 Å². The Balaban J connectivity index is 1.37. The Bertz CT molecular complexity index is 1000. The number of methoxy groups -OCH3 is 2. The van der Waals surface area contributed by atoms with Crippen molar-refractivity contribution in [3.63, 3.8) is 0 Å². The summed E-state index contributed by atoms with van der Waals surface area (Å²) in [5.41, 5.74) is 4.03. The van der Waals surface area contributed by atoms with Gasteiger partial charge in [-0.15, -0.1) is 0 Å². The van der Waals surface area contributed by atoms with E-state index in [-0.39, 0.29) is 12.0 Å². The van der Waals surface area contributed by atoms with Crippen molar-refractivity contribution in [1.82, 2.24) is 14.9 Å². The van der Waals surface area contributed by atoms with Gasteiger partial charge < -0.3 is 14.8 Å². The Morgan fingerprint density at radius 3 is 2.39 bits per heavy atom. The molecule has 0 saturated carbocycles. The van der Waals surface area contributed by atoms with E-state index in [1.54, 1.807) is 19.5 Å². The Hall–Kier alpha value is -3.45. The fraction of sp³-hybridized carbons (Fsp3) is 0.292. The number of benzene rings is 2. The molecule has 0 bridgehead atoms. The van der Waals surface area contributed by atoms with Crippen LogP contribution in [0.4, 0.5) is 11.6 Å². The molecule has 1 aliphatic heterocycles. The molecule has 0 spiro atoms. The molecule has 2 heterocycles. The van der Waals surface area contributed by atoms with Crippen molar-refractivity contribution in [1.29, 1.82) is 0 Å². The first-order valence-corrected chi connectivity index (χ1v) is 10.3. The molecule has 1 N–H and O–H groups in total. The summed E-state index contributed by atoms with van der Waals surface area (Å²) in [5.74, 6) is 1.21. The van der Waals surface area contributed by atoms with Gasteiger partial charge in [-0.3, -0.25) is 9.69 Å². The summed E-state index contributed by atoms with van der Waals surface area (Å²) in [4.78, 5) is 22.9. The number of anilines is 2. The zero-order valence-electron chi connectivity index (χ0n) is 17.7. The summed E-state index contributed by atoms with van der Waals surface area (Å²) in [7, 11) is 3.10. The largest absolute Gasteiger partial charge is 0.497 e. The minimum Gasteiger partial charge on any atom is -0.497 e. The van der Waals surface area contributed by atoms with Crippen LogP contribution in [0.25, 0.3) is 11.1 Å². The van der Waals surface area contributed by atoms with Crippen LogP contribution in [-0.2, 0) is 16.1 Å². The molecule has 31 heavy (non-hydrogen) atoms. The highest BCUT2D eigenvalue weighted by Gasteiger charge is 2.31. The molecule has 0 radical (unpaired) electrons. The number of aromatic nitrogens is 2. The van der Waals surface area contributed by atoms with Crippen LogP contribution in [0.3, 0.4) is 0 Å². The average molecular weight is 418 g/mol. The predicted octanol–water partition coefficient (Wildman–Crippen LogP) is 4.03. The fourth-order valence-corrected chi connectivity index (χ4v) is 3.80. The van der Waals surface area contributed by atoms with Gasteiger partial charge in [0.25, 0.3) is 0 Å². The first kappa shape index (κ1) is 20.8. The molecular formula is C24H26N4O3. The van der Waals surface area contributed by atoms with Gasteiger partial charge in [0.1, 0.15) is 11.8 Å². The summed E-state index contributed by atoms with van der Waals surface area (Å²) in [6.07, 6.45) is 5.47. The molecule has 160 valence electrons. The maximum atomic E-state index is 11.9. The summed E-state index contributed by atoms with van der Waals surface area (Å²) in [6, 6.07) is 15.8. The van der Waals surface area contributed by atoms with E-state index in [4.69, 9.17) is 9.47 Å². The molecular weight excluding hydrogens is 392 g/mol. The lowest BCUT2D eigenvalue weighted by molar-refractivity contribution is -0.146. The van der Waals surface area contributed by atoms with Crippen molar-refractivity contribution in [2.75, 3.05) is 26.1 Å². The molecule has 3 aromatic rings. The van der Waals surface area contributed by atoms with Crippen molar-refractivity contribution in [3.05, 3.63) is 66.5 Å². The molecule has 0 unspecified atom stereocenters. The van der Waals surface area contributed by atoms with Crippen LogP contribution in [0.2, 0.25) is 0 Å². The van der Waals surface area contributed by atoms with Crippen LogP contribution in [0, 0.1) is 0 Å². The number of ether oxygens (including phenoxy) is 2.